The summed E-state index contributed by atoms with van der Waals surface area (Å²) in [6.07, 6.45) is 4.58. The molecular weight excluding hydrogens is 208 g/mol. The van der Waals surface area contributed by atoms with E-state index in [9.17, 15) is 4.79 Å². The van der Waals surface area contributed by atoms with Crippen LogP contribution in [-0.2, 0) is 4.74 Å². The molecule has 2 aliphatic rings. The second kappa shape index (κ2) is 5.50. The van der Waals surface area contributed by atoms with Crippen molar-refractivity contribution < 1.29 is 14.6 Å². The van der Waals surface area contributed by atoms with Gasteiger partial charge in [0.25, 0.3) is 0 Å². The van der Waals surface area contributed by atoms with Crippen LogP contribution in [0.15, 0.2) is 0 Å². The minimum atomic E-state index is -0.319. The number of nitrogens with zero attached hydrogens (tertiary/aromatic N) is 1. The van der Waals surface area contributed by atoms with Crippen LogP contribution in [0.2, 0.25) is 0 Å². The third kappa shape index (κ3) is 2.86. The molecule has 1 aliphatic heterocycles. The summed E-state index contributed by atoms with van der Waals surface area (Å²) in [6.45, 7) is 2.18. The number of alkyl carbamates (subject to hydrolysis) is 1. The first-order valence-corrected chi connectivity index (χ1v) is 6.09. The molecular formula is C11H20N2O3. The second-order valence-electron chi connectivity index (χ2n) is 4.57. The number of rotatable bonds is 5. The minimum absolute atomic E-state index is 0.0559. The van der Waals surface area contributed by atoms with Gasteiger partial charge in [0.05, 0.1) is 13.2 Å². The largest absolute Gasteiger partial charge is 0.443 e. The summed E-state index contributed by atoms with van der Waals surface area (Å²) in [5.74, 6) is 0. The molecule has 0 aromatic carbocycles. The number of hydrogen-bond donors (Lipinski definition) is 2. The van der Waals surface area contributed by atoms with Crippen molar-refractivity contribution in [1.82, 2.24) is 10.2 Å². The van der Waals surface area contributed by atoms with Gasteiger partial charge in [-0.3, -0.25) is 4.90 Å². The predicted octanol–water partition coefficient (Wildman–Crippen LogP) is 0.332. The van der Waals surface area contributed by atoms with Gasteiger partial charge in [-0.05, 0) is 12.8 Å². The highest BCUT2D eigenvalue weighted by Gasteiger charge is 2.29. The van der Waals surface area contributed by atoms with Crippen molar-refractivity contribution in [3.05, 3.63) is 0 Å². The predicted molar refractivity (Wildman–Crippen MR) is 59.2 cm³/mol. The van der Waals surface area contributed by atoms with E-state index in [1.165, 1.54) is 25.7 Å². The highest BCUT2D eigenvalue weighted by atomic mass is 16.6. The van der Waals surface area contributed by atoms with Crippen LogP contribution in [0.25, 0.3) is 0 Å². The van der Waals surface area contributed by atoms with E-state index in [1.807, 2.05) is 0 Å². The lowest BCUT2D eigenvalue weighted by Crippen LogP contribution is -2.42. The number of cyclic esters (lactones) is 1. The maximum atomic E-state index is 10.9. The number of amides is 1. The van der Waals surface area contributed by atoms with Crippen molar-refractivity contribution in [2.75, 3.05) is 26.2 Å². The maximum Gasteiger partial charge on any atom is 0.407 e. The number of carbonyl (C=O) groups is 1. The highest BCUT2D eigenvalue weighted by Crippen LogP contribution is 2.23. The van der Waals surface area contributed by atoms with Crippen molar-refractivity contribution in [2.24, 2.45) is 0 Å². The van der Waals surface area contributed by atoms with Crippen LogP contribution in [0.3, 0.4) is 0 Å². The van der Waals surface area contributed by atoms with E-state index in [0.29, 0.717) is 19.1 Å². The molecule has 5 heteroatoms. The third-order valence-corrected chi connectivity index (χ3v) is 3.41. The summed E-state index contributed by atoms with van der Waals surface area (Å²) in [4.78, 5) is 13.2. The van der Waals surface area contributed by atoms with E-state index in [4.69, 9.17) is 9.84 Å². The Kier molecular flexibility index (Phi) is 4.01. The molecule has 0 radical (unpaired) electrons. The first kappa shape index (κ1) is 11.7. The Morgan fingerprint density at radius 2 is 2.19 bits per heavy atom. The van der Waals surface area contributed by atoms with Gasteiger partial charge in [0.2, 0.25) is 0 Å². The van der Waals surface area contributed by atoms with E-state index in [-0.39, 0.29) is 18.8 Å². The van der Waals surface area contributed by atoms with E-state index >= 15 is 0 Å². The molecule has 1 heterocycles. The molecule has 2 rings (SSSR count). The van der Waals surface area contributed by atoms with E-state index < -0.39 is 0 Å². The lowest BCUT2D eigenvalue weighted by molar-refractivity contribution is 0.0788. The summed E-state index contributed by atoms with van der Waals surface area (Å²) in [7, 11) is 0. The lowest BCUT2D eigenvalue weighted by Gasteiger charge is -2.29. The number of nitrogens with one attached hydrogen (secondary N) is 1. The van der Waals surface area contributed by atoms with E-state index in [1.54, 1.807) is 0 Å². The first-order chi connectivity index (χ1) is 7.79. The van der Waals surface area contributed by atoms with Gasteiger partial charge in [-0.1, -0.05) is 12.8 Å². The van der Waals surface area contributed by atoms with Gasteiger partial charge in [0.1, 0.15) is 6.10 Å². The molecule has 1 aliphatic carbocycles. The third-order valence-electron chi connectivity index (χ3n) is 3.41. The van der Waals surface area contributed by atoms with Gasteiger partial charge >= 0.3 is 6.09 Å². The normalized spacial score (nSPS) is 26.1. The second-order valence-corrected chi connectivity index (χ2v) is 4.57. The van der Waals surface area contributed by atoms with Crippen LogP contribution in [-0.4, -0.2) is 54.5 Å². The Morgan fingerprint density at radius 1 is 1.44 bits per heavy atom. The summed E-state index contributed by atoms with van der Waals surface area (Å²) in [6, 6.07) is 0.562. The highest BCUT2D eigenvalue weighted by molar-refractivity contribution is 5.69. The van der Waals surface area contributed by atoms with Gasteiger partial charge in [-0.25, -0.2) is 4.79 Å². The van der Waals surface area contributed by atoms with Crippen molar-refractivity contribution in [2.45, 2.75) is 37.8 Å². The number of ether oxygens (including phenoxy) is 1. The smallest absolute Gasteiger partial charge is 0.407 e. The molecule has 16 heavy (non-hydrogen) atoms. The van der Waals surface area contributed by atoms with Crippen LogP contribution in [0, 0.1) is 0 Å². The van der Waals surface area contributed by atoms with Crippen LogP contribution in [0.5, 0.6) is 0 Å². The Balaban J connectivity index is 1.84. The number of aliphatic hydroxyl groups excluding tert-OH is 1. The van der Waals surface area contributed by atoms with Crippen LogP contribution < -0.4 is 5.32 Å². The molecule has 1 amide bonds. The van der Waals surface area contributed by atoms with Gasteiger partial charge in [-0.2, -0.15) is 0 Å². The fourth-order valence-electron chi connectivity index (χ4n) is 2.62. The van der Waals surface area contributed by atoms with Crippen molar-refractivity contribution in [1.29, 1.82) is 0 Å². The molecule has 0 aromatic heterocycles. The molecule has 0 aromatic rings. The first-order valence-electron chi connectivity index (χ1n) is 6.09. The minimum Gasteiger partial charge on any atom is -0.443 e. The summed E-state index contributed by atoms with van der Waals surface area (Å²) >= 11 is 0. The van der Waals surface area contributed by atoms with Crippen molar-refractivity contribution in [3.8, 4) is 0 Å². The Morgan fingerprint density at radius 3 is 2.75 bits per heavy atom. The molecule has 1 saturated heterocycles. The topological polar surface area (TPSA) is 61.8 Å². The molecule has 92 valence electrons. The lowest BCUT2D eigenvalue weighted by atomic mass is 10.2. The Hall–Kier alpha value is -0.810. The zero-order valence-corrected chi connectivity index (χ0v) is 9.52. The summed E-state index contributed by atoms with van der Waals surface area (Å²) in [5, 5.41) is 11.7. The molecule has 0 bridgehead atoms. The zero-order valence-electron chi connectivity index (χ0n) is 9.52. The Bertz CT molecular complexity index is 241. The quantitative estimate of drug-likeness (QED) is 0.712. The van der Waals surface area contributed by atoms with Gasteiger partial charge < -0.3 is 15.2 Å². The number of aliphatic hydroxyl groups is 1. The van der Waals surface area contributed by atoms with E-state index in [2.05, 4.69) is 10.2 Å². The molecule has 2 N–H and O–H groups in total. The average Bonchev–Trinajstić information content (AvgIpc) is 2.88. The van der Waals surface area contributed by atoms with Crippen LogP contribution >= 0.6 is 0 Å². The van der Waals surface area contributed by atoms with Gasteiger partial charge in [0.15, 0.2) is 0 Å². The standard InChI is InChI=1S/C11H20N2O3/c14-6-5-13(9-3-1-2-4-9)8-10-7-12-11(15)16-10/h9-10,14H,1-8H2,(H,12,15). The monoisotopic (exact) mass is 228 g/mol. The molecule has 1 saturated carbocycles. The SMILES string of the molecule is O=C1NCC(CN(CCO)C2CCCC2)O1. The Labute approximate surface area is 95.8 Å². The van der Waals surface area contributed by atoms with Crippen molar-refractivity contribution >= 4 is 6.09 Å². The van der Waals surface area contributed by atoms with Gasteiger partial charge in [-0.15, -0.1) is 0 Å². The molecule has 2 fully saturated rings. The van der Waals surface area contributed by atoms with Crippen molar-refractivity contribution in [3.63, 3.8) is 0 Å². The zero-order chi connectivity index (χ0) is 11.4. The molecule has 1 unspecified atom stereocenters. The van der Waals surface area contributed by atoms with Crippen LogP contribution in [0.1, 0.15) is 25.7 Å². The summed E-state index contributed by atoms with van der Waals surface area (Å²) < 4.78 is 5.12. The molecule has 1 atom stereocenters. The fourth-order valence-corrected chi connectivity index (χ4v) is 2.62. The molecule has 5 nitrogen and oxygen atoms in total. The average molecular weight is 228 g/mol. The van der Waals surface area contributed by atoms with E-state index in [0.717, 1.165) is 6.54 Å². The van der Waals surface area contributed by atoms with Crippen LogP contribution in [0.4, 0.5) is 4.79 Å². The molecule has 0 spiro atoms. The summed E-state index contributed by atoms with van der Waals surface area (Å²) in [5.41, 5.74) is 0. The maximum absolute atomic E-state index is 10.9. The number of carbonyl (C=O) groups excluding carboxylic acids is 1. The number of hydrogen-bond acceptors (Lipinski definition) is 4. The van der Waals surface area contributed by atoms with Gasteiger partial charge in [0, 0.05) is 19.1 Å². The fraction of sp³-hybridized carbons (Fsp3) is 0.909.